The van der Waals surface area contributed by atoms with Crippen LogP contribution in [0, 0.1) is 0 Å². The third-order valence-electron chi connectivity index (χ3n) is 7.36. The lowest BCUT2D eigenvalue weighted by atomic mass is 9.93. The molecule has 0 saturated carbocycles. The van der Waals surface area contributed by atoms with Crippen molar-refractivity contribution in [2.24, 2.45) is 0 Å². The van der Waals surface area contributed by atoms with Crippen LogP contribution in [-0.2, 0) is 6.61 Å². The summed E-state index contributed by atoms with van der Waals surface area (Å²) in [4.78, 5) is 15.8. The Morgan fingerprint density at radius 3 is 2.67 bits per heavy atom. The molecule has 0 unspecified atom stereocenters. The van der Waals surface area contributed by atoms with Gasteiger partial charge < -0.3 is 19.7 Å². The van der Waals surface area contributed by atoms with Gasteiger partial charge in [-0.3, -0.25) is 4.98 Å². The Kier molecular flexibility index (Phi) is 7.23. The largest absolute Gasteiger partial charge is 0.492 e. The van der Waals surface area contributed by atoms with Crippen LogP contribution in [0.3, 0.4) is 0 Å². The molecule has 5 aromatic rings. The van der Waals surface area contributed by atoms with Crippen molar-refractivity contribution in [1.82, 2.24) is 15.0 Å². The maximum atomic E-state index is 6.62. The van der Waals surface area contributed by atoms with Crippen molar-refractivity contribution in [1.29, 1.82) is 0 Å². The molecule has 0 atom stereocenters. The lowest BCUT2D eigenvalue weighted by Gasteiger charge is -2.35. The minimum absolute atomic E-state index is 0.331. The van der Waals surface area contributed by atoms with E-state index >= 15 is 0 Å². The number of anilines is 4. The summed E-state index contributed by atoms with van der Waals surface area (Å²) in [6.45, 7) is 2.85. The molecule has 212 valence electrons. The summed E-state index contributed by atoms with van der Waals surface area (Å²) < 4.78 is 12.1. The van der Waals surface area contributed by atoms with E-state index in [1.54, 1.807) is 12.5 Å². The van der Waals surface area contributed by atoms with Gasteiger partial charge in [0.15, 0.2) is 0 Å². The van der Waals surface area contributed by atoms with Gasteiger partial charge in [-0.1, -0.05) is 48.0 Å². The smallest absolute Gasteiger partial charge is 0.145 e. The number of hydrogen-bond donors (Lipinski definition) is 1. The van der Waals surface area contributed by atoms with Crippen molar-refractivity contribution in [3.8, 4) is 11.5 Å². The monoisotopic (exact) mass is 585 g/mol. The average molecular weight is 586 g/mol. The molecule has 0 bridgehead atoms. The molecule has 0 fully saturated rings. The molecule has 8 heteroatoms. The molecule has 2 aromatic heterocycles. The van der Waals surface area contributed by atoms with Gasteiger partial charge in [-0.2, -0.15) is 0 Å². The molecule has 3 aromatic carbocycles. The molecule has 0 amide bonds. The minimum Gasteiger partial charge on any atom is -0.492 e. The van der Waals surface area contributed by atoms with Gasteiger partial charge in [-0.05, 0) is 79.1 Å². The van der Waals surface area contributed by atoms with Crippen LogP contribution in [0.4, 0.5) is 22.9 Å². The number of nitrogens with zero attached hydrogens (tertiary/aromatic N) is 4. The Balaban J connectivity index is 1.26. The summed E-state index contributed by atoms with van der Waals surface area (Å²) in [6.07, 6.45) is 12.9. The van der Waals surface area contributed by atoms with E-state index in [0.717, 1.165) is 57.1 Å². The van der Waals surface area contributed by atoms with Gasteiger partial charge in [0, 0.05) is 29.0 Å². The quantitative estimate of drug-likeness (QED) is 0.195. The van der Waals surface area contributed by atoms with Gasteiger partial charge in [0.2, 0.25) is 0 Å². The lowest BCUT2D eigenvalue weighted by Crippen LogP contribution is -2.23. The molecule has 0 radical (unpaired) electrons. The highest BCUT2D eigenvalue weighted by Gasteiger charge is 2.28. The van der Waals surface area contributed by atoms with Crippen LogP contribution < -0.4 is 19.7 Å². The molecule has 7 rings (SSSR count). The van der Waals surface area contributed by atoms with Crippen molar-refractivity contribution < 1.29 is 9.47 Å². The number of aromatic nitrogens is 3. The number of allylic oxidation sites excluding steroid dienone is 4. The van der Waals surface area contributed by atoms with E-state index in [2.05, 4.69) is 79.8 Å². The van der Waals surface area contributed by atoms with Crippen LogP contribution in [0.5, 0.6) is 11.5 Å². The maximum absolute atomic E-state index is 6.62. The maximum Gasteiger partial charge on any atom is 0.145 e. The Bertz CT molecular complexity index is 1920. The average Bonchev–Trinajstić information content (AvgIpc) is 3.04. The van der Waals surface area contributed by atoms with Crippen LogP contribution in [0.2, 0.25) is 5.02 Å². The number of nitrogens with one attached hydrogen (secondary N) is 1. The van der Waals surface area contributed by atoms with Gasteiger partial charge in [0.1, 0.15) is 30.3 Å². The molecule has 0 saturated heterocycles. The molecule has 43 heavy (non-hydrogen) atoms. The van der Waals surface area contributed by atoms with Crippen LogP contribution in [0.25, 0.3) is 17.0 Å². The summed E-state index contributed by atoms with van der Waals surface area (Å²) in [5.41, 5.74) is 7.93. The molecular formula is C35H28ClN5O2. The summed E-state index contributed by atoms with van der Waals surface area (Å²) in [7, 11) is 0. The number of fused-ring (bicyclic) bond motifs is 3. The number of hydrogen-bond acceptors (Lipinski definition) is 7. The molecular weight excluding hydrogens is 558 g/mol. The first kappa shape index (κ1) is 26.7. The molecule has 7 nitrogen and oxygen atoms in total. The SMILES string of the molecule is CCOc1cc2ncnc(Nc3ccc(OCc4ccccn4)c(Cl)c3)c2cc1N1C2=CC=CCC2=Cc2ccccc21. The van der Waals surface area contributed by atoms with E-state index in [-0.39, 0.29) is 0 Å². The van der Waals surface area contributed by atoms with Crippen LogP contribution in [0.1, 0.15) is 24.6 Å². The second-order valence-corrected chi connectivity index (χ2v) is 10.5. The number of rotatable bonds is 8. The zero-order valence-corrected chi connectivity index (χ0v) is 24.3. The highest BCUT2D eigenvalue weighted by molar-refractivity contribution is 6.32. The van der Waals surface area contributed by atoms with Gasteiger partial charge >= 0.3 is 0 Å². The third kappa shape index (κ3) is 5.31. The van der Waals surface area contributed by atoms with Crippen molar-refractivity contribution in [3.63, 3.8) is 0 Å². The number of para-hydroxylation sites is 1. The van der Waals surface area contributed by atoms with Gasteiger partial charge in [0.05, 0.1) is 34.2 Å². The van der Waals surface area contributed by atoms with E-state index in [4.69, 9.17) is 21.1 Å². The summed E-state index contributed by atoms with van der Waals surface area (Å²) in [5, 5.41) is 4.79. The zero-order valence-electron chi connectivity index (χ0n) is 23.5. The van der Waals surface area contributed by atoms with Gasteiger partial charge in [0.25, 0.3) is 0 Å². The molecule has 2 aliphatic rings. The summed E-state index contributed by atoms with van der Waals surface area (Å²) in [5.74, 6) is 1.99. The van der Waals surface area contributed by atoms with Crippen LogP contribution in [-0.4, -0.2) is 21.6 Å². The summed E-state index contributed by atoms with van der Waals surface area (Å²) in [6, 6.07) is 23.8. The predicted molar refractivity (Wildman–Crippen MR) is 172 cm³/mol. The fraction of sp³-hybridized carbons (Fsp3) is 0.114. The zero-order chi connectivity index (χ0) is 29.2. The molecule has 0 spiro atoms. The number of ether oxygens (including phenoxy) is 2. The highest BCUT2D eigenvalue weighted by Crippen LogP contribution is 2.47. The van der Waals surface area contributed by atoms with Crippen molar-refractivity contribution >= 4 is 51.5 Å². The second kappa shape index (κ2) is 11.6. The van der Waals surface area contributed by atoms with Gasteiger partial charge in [-0.25, -0.2) is 9.97 Å². The number of pyridine rings is 1. The normalized spacial score (nSPS) is 13.6. The lowest BCUT2D eigenvalue weighted by molar-refractivity contribution is 0.301. The molecule has 1 N–H and O–H groups in total. The van der Waals surface area contributed by atoms with Gasteiger partial charge in [-0.15, -0.1) is 0 Å². The Morgan fingerprint density at radius 2 is 1.81 bits per heavy atom. The second-order valence-electron chi connectivity index (χ2n) is 10.1. The predicted octanol–water partition coefficient (Wildman–Crippen LogP) is 8.78. The molecule has 3 heterocycles. The van der Waals surface area contributed by atoms with Crippen LogP contribution >= 0.6 is 11.6 Å². The van der Waals surface area contributed by atoms with E-state index < -0.39 is 0 Å². The number of benzene rings is 3. The molecule has 1 aliphatic carbocycles. The third-order valence-corrected chi connectivity index (χ3v) is 7.65. The minimum atomic E-state index is 0.331. The van der Waals surface area contributed by atoms with E-state index in [0.29, 0.717) is 29.8 Å². The Labute approximate surface area is 254 Å². The van der Waals surface area contributed by atoms with E-state index in [1.165, 1.54) is 5.57 Å². The number of halogens is 1. The van der Waals surface area contributed by atoms with Crippen molar-refractivity contribution in [2.45, 2.75) is 20.0 Å². The topological polar surface area (TPSA) is 72.4 Å². The fourth-order valence-electron chi connectivity index (χ4n) is 5.39. The first-order valence-electron chi connectivity index (χ1n) is 14.2. The highest BCUT2D eigenvalue weighted by atomic mass is 35.5. The first-order chi connectivity index (χ1) is 21.2. The van der Waals surface area contributed by atoms with Crippen molar-refractivity contribution in [3.05, 3.63) is 131 Å². The molecule has 1 aliphatic heterocycles. The standard InChI is InChI=1S/C35H28ClN5O2/c1-2-42-34-20-29-27(19-32(34)41-30-12-5-3-9-23(30)17-24-10-4-6-13-31(24)41)35(39-22-38-29)40-25-14-15-33(28(36)18-25)43-21-26-11-7-8-16-37-26/h3-9,11-20,22H,2,10,21H2,1H3,(H,38,39,40). The van der Waals surface area contributed by atoms with Crippen molar-refractivity contribution in [2.75, 3.05) is 16.8 Å². The van der Waals surface area contributed by atoms with E-state index in [9.17, 15) is 0 Å². The fourth-order valence-corrected chi connectivity index (χ4v) is 5.63. The Morgan fingerprint density at radius 1 is 0.907 bits per heavy atom. The van der Waals surface area contributed by atoms with E-state index in [1.807, 2.05) is 49.4 Å². The summed E-state index contributed by atoms with van der Waals surface area (Å²) >= 11 is 6.62. The Hall–Kier alpha value is -5.14. The first-order valence-corrected chi connectivity index (χ1v) is 14.5. The van der Waals surface area contributed by atoms with Crippen LogP contribution in [0.15, 0.2) is 115 Å².